The van der Waals surface area contributed by atoms with Gasteiger partial charge in [0, 0.05) is 22.7 Å². The van der Waals surface area contributed by atoms with Crippen LogP contribution < -0.4 is 5.43 Å². The molecule has 1 aromatic carbocycles. The van der Waals surface area contributed by atoms with E-state index in [4.69, 9.17) is 0 Å². The van der Waals surface area contributed by atoms with Gasteiger partial charge in [0.25, 0.3) is 0 Å². The first-order chi connectivity index (χ1) is 5.79. The highest BCUT2D eigenvalue weighted by Crippen LogP contribution is 2.05. The van der Waals surface area contributed by atoms with Crippen LogP contribution in [0.2, 0.25) is 0 Å². The summed E-state index contributed by atoms with van der Waals surface area (Å²) in [6.07, 6.45) is 1.74. The lowest BCUT2D eigenvalue weighted by Crippen LogP contribution is -2.05. The van der Waals surface area contributed by atoms with Crippen LogP contribution >= 0.6 is 0 Å². The molecule has 0 unspecified atom stereocenters. The molecule has 2 rings (SSSR count). The summed E-state index contributed by atoms with van der Waals surface area (Å²) >= 11 is 0. The van der Waals surface area contributed by atoms with E-state index in [1.807, 2.05) is 31.2 Å². The van der Waals surface area contributed by atoms with Crippen molar-refractivity contribution in [3.8, 4) is 0 Å². The number of hydrogen-bond donors (Lipinski definition) is 1. The maximum atomic E-state index is 11.5. The summed E-state index contributed by atoms with van der Waals surface area (Å²) in [7, 11) is 0. The predicted molar refractivity (Wildman–Crippen MR) is 49.3 cm³/mol. The Kier molecular flexibility index (Phi) is 1.47. The molecule has 60 valence electrons. The summed E-state index contributed by atoms with van der Waals surface area (Å²) in [6.45, 7) is 1.81. The monoisotopic (exact) mass is 159 g/mol. The van der Waals surface area contributed by atoms with E-state index >= 15 is 0 Å². The third-order valence-corrected chi connectivity index (χ3v) is 1.97. The summed E-state index contributed by atoms with van der Waals surface area (Å²) in [6, 6.07) is 7.52. The van der Waals surface area contributed by atoms with Crippen molar-refractivity contribution >= 4 is 10.9 Å². The van der Waals surface area contributed by atoms with Gasteiger partial charge >= 0.3 is 0 Å². The Morgan fingerprint density at radius 2 is 2.00 bits per heavy atom. The van der Waals surface area contributed by atoms with Crippen LogP contribution in [0.3, 0.4) is 0 Å². The van der Waals surface area contributed by atoms with Crippen molar-refractivity contribution in [2.24, 2.45) is 0 Å². The number of nitrogens with one attached hydrogen (secondary N) is 1. The van der Waals surface area contributed by atoms with Crippen LogP contribution in [0.1, 0.15) is 5.56 Å². The van der Waals surface area contributed by atoms with E-state index < -0.39 is 0 Å². The fourth-order valence-corrected chi connectivity index (χ4v) is 1.27. The van der Waals surface area contributed by atoms with Gasteiger partial charge in [0.05, 0.1) is 0 Å². The van der Waals surface area contributed by atoms with Gasteiger partial charge in [-0.05, 0) is 19.1 Å². The lowest BCUT2D eigenvalue weighted by molar-refractivity contribution is 1.30. The highest BCUT2D eigenvalue weighted by atomic mass is 16.1. The molecule has 0 bridgehead atoms. The van der Waals surface area contributed by atoms with Crippen LogP contribution in [0.4, 0.5) is 0 Å². The topological polar surface area (TPSA) is 32.9 Å². The van der Waals surface area contributed by atoms with Crippen molar-refractivity contribution in [3.63, 3.8) is 0 Å². The third-order valence-electron chi connectivity index (χ3n) is 1.97. The zero-order valence-electron chi connectivity index (χ0n) is 6.79. The number of fused-ring (bicyclic) bond motifs is 1. The predicted octanol–water partition coefficient (Wildman–Crippen LogP) is 1.84. The smallest absolute Gasteiger partial charge is 0.192 e. The number of aromatic amines is 1. The molecule has 0 fully saturated rings. The van der Waals surface area contributed by atoms with Crippen LogP contribution in [0.25, 0.3) is 10.9 Å². The fourth-order valence-electron chi connectivity index (χ4n) is 1.27. The first-order valence-corrected chi connectivity index (χ1v) is 3.86. The van der Waals surface area contributed by atoms with Crippen molar-refractivity contribution in [2.75, 3.05) is 0 Å². The molecule has 0 saturated carbocycles. The molecule has 1 N–H and O–H groups in total. The SMILES string of the molecule is Cc1c[nH]c2ccccc2c1=O. The largest absolute Gasteiger partial charge is 0.361 e. The Morgan fingerprint density at radius 1 is 1.25 bits per heavy atom. The summed E-state index contributed by atoms with van der Waals surface area (Å²) in [5, 5.41) is 0.762. The quantitative estimate of drug-likeness (QED) is 0.625. The molecule has 0 amide bonds. The molecule has 0 aliphatic carbocycles. The maximum absolute atomic E-state index is 11.5. The molecule has 0 saturated heterocycles. The highest BCUT2D eigenvalue weighted by Gasteiger charge is 1.98. The van der Waals surface area contributed by atoms with Gasteiger partial charge in [-0.2, -0.15) is 0 Å². The van der Waals surface area contributed by atoms with Crippen LogP contribution in [0.5, 0.6) is 0 Å². The minimum atomic E-state index is 0.115. The number of hydrogen-bond acceptors (Lipinski definition) is 1. The number of para-hydroxylation sites is 1. The number of H-pyrrole nitrogens is 1. The molecule has 0 aliphatic rings. The molecule has 0 spiro atoms. The molecule has 1 heterocycles. The minimum absolute atomic E-state index is 0.115. The number of benzene rings is 1. The molecule has 2 nitrogen and oxygen atoms in total. The van der Waals surface area contributed by atoms with Crippen LogP contribution in [0, 0.1) is 6.92 Å². The Balaban J connectivity index is 3.01. The van der Waals surface area contributed by atoms with Gasteiger partial charge < -0.3 is 4.98 Å². The van der Waals surface area contributed by atoms with Crippen LogP contribution in [-0.4, -0.2) is 4.98 Å². The Labute approximate surface area is 69.9 Å². The van der Waals surface area contributed by atoms with Gasteiger partial charge in [-0.3, -0.25) is 4.79 Å². The summed E-state index contributed by atoms with van der Waals surface area (Å²) in [5.74, 6) is 0. The number of rotatable bonds is 0. The zero-order chi connectivity index (χ0) is 8.55. The number of aromatic nitrogens is 1. The van der Waals surface area contributed by atoms with Crippen molar-refractivity contribution in [3.05, 3.63) is 46.2 Å². The van der Waals surface area contributed by atoms with E-state index in [2.05, 4.69) is 4.98 Å². The van der Waals surface area contributed by atoms with E-state index in [1.165, 1.54) is 0 Å². The minimum Gasteiger partial charge on any atom is -0.361 e. The first-order valence-electron chi connectivity index (χ1n) is 3.86. The van der Waals surface area contributed by atoms with Crippen molar-refractivity contribution in [1.29, 1.82) is 0 Å². The molecule has 0 aliphatic heterocycles. The van der Waals surface area contributed by atoms with Crippen molar-refractivity contribution < 1.29 is 0 Å². The average Bonchev–Trinajstić information content (AvgIpc) is 2.12. The first kappa shape index (κ1) is 7.10. The summed E-state index contributed by atoms with van der Waals surface area (Å²) in [5.41, 5.74) is 1.77. The van der Waals surface area contributed by atoms with Crippen LogP contribution in [0.15, 0.2) is 35.3 Å². The van der Waals surface area contributed by atoms with Gasteiger partial charge in [-0.15, -0.1) is 0 Å². The zero-order valence-corrected chi connectivity index (χ0v) is 6.79. The van der Waals surface area contributed by atoms with E-state index in [0.717, 1.165) is 16.5 Å². The normalized spacial score (nSPS) is 10.4. The molecular weight excluding hydrogens is 150 g/mol. The highest BCUT2D eigenvalue weighted by molar-refractivity contribution is 5.78. The van der Waals surface area contributed by atoms with Gasteiger partial charge in [0.1, 0.15) is 0 Å². The van der Waals surface area contributed by atoms with Crippen molar-refractivity contribution in [2.45, 2.75) is 6.92 Å². The van der Waals surface area contributed by atoms with Gasteiger partial charge in [-0.1, -0.05) is 12.1 Å². The summed E-state index contributed by atoms with van der Waals surface area (Å²) in [4.78, 5) is 14.6. The van der Waals surface area contributed by atoms with Gasteiger partial charge in [0.2, 0.25) is 0 Å². The third kappa shape index (κ3) is 0.925. The molecule has 0 atom stereocenters. The Bertz CT molecular complexity index is 470. The lowest BCUT2D eigenvalue weighted by atomic mass is 10.2. The number of pyridine rings is 1. The van der Waals surface area contributed by atoms with Gasteiger partial charge in [-0.25, -0.2) is 0 Å². The van der Waals surface area contributed by atoms with E-state index in [0.29, 0.717) is 0 Å². The van der Waals surface area contributed by atoms with Crippen molar-refractivity contribution in [1.82, 2.24) is 4.98 Å². The fraction of sp³-hybridized carbons (Fsp3) is 0.100. The molecule has 2 aromatic rings. The molecular formula is C10H9NO. The average molecular weight is 159 g/mol. The summed E-state index contributed by atoms with van der Waals surface area (Å²) < 4.78 is 0. The van der Waals surface area contributed by atoms with Gasteiger partial charge in [0.15, 0.2) is 5.43 Å². The van der Waals surface area contributed by atoms with E-state index in [-0.39, 0.29) is 5.43 Å². The van der Waals surface area contributed by atoms with E-state index in [1.54, 1.807) is 6.20 Å². The molecule has 2 heteroatoms. The molecule has 12 heavy (non-hydrogen) atoms. The maximum Gasteiger partial charge on any atom is 0.192 e. The molecule has 1 aromatic heterocycles. The molecule has 0 radical (unpaired) electrons. The Hall–Kier alpha value is -1.57. The number of aryl methyl sites for hydroxylation is 1. The lowest BCUT2D eigenvalue weighted by Gasteiger charge is -1.96. The van der Waals surface area contributed by atoms with E-state index in [9.17, 15) is 4.79 Å². The Morgan fingerprint density at radius 3 is 2.83 bits per heavy atom. The second kappa shape index (κ2) is 2.48. The second-order valence-electron chi connectivity index (χ2n) is 2.85. The second-order valence-corrected chi connectivity index (χ2v) is 2.85. The standard InChI is InChI=1S/C10H9NO/c1-7-6-11-9-5-3-2-4-8(9)10(7)12/h2-6H,1H3,(H,11,12). The van der Waals surface area contributed by atoms with Crippen LogP contribution in [-0.2, 0) is 0 Å².